The van der Waals surface area contributed by atoms with Crippen LogP contribution in [0.2, 0.25) is 0 Å². The molecule has 1 aliphatic heterocycles. The van der Waals surface area contributed by atoms with Gasteiger partial charge in [0.2, 0.25) is 0 Å². The van der Waals surface area contributed by atoms with Crippen molar-refractivity contribution in [2.75, 3.05) is 20.1 Å². The zero-order valence-electron chi connectivity index (χ0n) is 13.0. The number of benzene rings is 1. The van der Waals surface area contributed by atoms with Gasteiger partial charge in [-0.1, -0.05) is 17.7 Å². The van der Waals surface area contributed by atoms with Crippen LogP contribution in [0.4, 0.5) is 0 Å². The number of halogens is 1. The van der Waals surface area contributed by atoms with Crippen LogP contribution < -0.4 is 10.1 Å². The van der Waals surface area contributed by atoms with Gasteiger partial charge in [-0.3, -0.25) is 4.79 Å². The molecule has 5 heteroatoms. The lowest BCUT2D eigenvalue weighted by Crippen LogP contribution is -2.46. The third-order valence-electron chi connectivity index (χ3n) is 3.78. The van der Waals surface area contributed by atoms with Crippen LogP contribution in [0.15, 0.2) is 24.3 Å². The van der Waals surface area contributed by atoms with Gasteiger partial charge in [-0.2, -0.15) is 0 Å². The maximum absolute atomic E-state index is 12.5. The average molecular weight is 313 g/mol. The summed E-state index contributed by atoms with van der Waals surface area (Å²) in [5.74, 6) is 0.837. The van der Waals surface area contributed by atoms with Crippen LogP contribution >= 0.6 is 12.4 Å². The number of hydrogen-bond donors (Lipinski definition) is 1. The van der Waals surface area contributed by atoms with Gasteiger partial charge in [-0.15, -0.1) is 12.4 Å². The molecule has 2 unspecified atom stereocenters. The molecule has 118 valence electrons. The van der Waals surface area contributed by atoms with Gasteiger partial charge in [0.1, 0.15) is 5.75 Å². The molecule has 2 rings (SSSR count). The number of ether oxygens (including phenoxy) is 1. The van der Waals surface area contributed by atoms with Crippen molar-refractivity contribution in [3.63, 3.8) is 0 Å². The normalized spacial score (nSPS) is 19.0. The fourth-order valence-electron chi connectivity index (χ4n) is 2.68. The molecule has 0 aromatic heterocycles. The van der Waals surface area contributed by atoms with E-state index in [2.05, 4.69) is 5.32 Å². The van der Waals surface area contributed by atoms with Crippen molar-refractivity contribution < 1.29 is 9.53 Å². The average Bonchev–Trinajstić information content (AvgIpc) is 2.89. The highest BCUT2D eigenvalue weighted by molar-refractivity contribution is 5.85. The van der Waals surface area contributed by atoms with Crippen LogP contribution in [0.1, 0.15) is 25.3 Å². The van der Waals surface area contributed by atoms with Gasteiger partial charge in [0.25, 0.3) is 5.91 Å². The van der Waals surface area contributed by atoms with Gasteiger partial charge in [-0.05, 0) is 45.9 Å². The Morgan fingerprint density at radius 2 is 2.10 bits per heavy atom. The topological polar surface area (TPSA) is 41.6 Å². The molecule has 4 nitrogen and oxygen atoms in total. The van der Waals surface area contributed by atoms with Crippen LogP contribution in [0.3, 0.4) is 0 Å². The Bertz CT molecular complexity index is 450. The summed E-state index contributed by atoms with van der Waals surface area (Å²) in [4.78, 5) is 14.4. The van der Waals surface area contributed by atoms with Crippen molar-refractivity contribution in [1.29, 1.82) is 0 Å². The minimum Gasteiger partial charge on any atom is -0.481 e. The van der Waals surface area contributed by atoms with Crippen LogP contribution in [0.5, 0.6) is 5.75 Å². The quantitative estimate of drug-likeness (QED) is 0.907. The zero-order valence-corrected chi connectivity index (χ0v) is 13.8. The first-order valence-corrected chi connectivity index (χ1v) is 7.30. The summed E-state index contributed by atoms with van der Waals surface area (Å²) >= 11 is 0. The number of amides is 1. The highest BCUT2D eigenvalue weighted by Crippen LogP contribution is 2.20. The molecule has 1 N–H and O–H groups in total. The molecule has 0 spiro atoms. The number of carbonyl (C=O) groups is 1. The molecule has 21 heavy (non-hydrogen) atoms. The van der Waals surface area contributed by atoms with Crippen molar-refractivity contribution >= 4 is 18.3 Å². The molecule has 1 aromatic carbocycles. The molecule has 1 saturated heterocycles. The van der Waals surface area contributed by atoms with Crippen LogP contribution in [-0.4, -0.2) is 43.1 Å². The standard InChI is InChI=1S/C16H24N2O2.ClH/c1-12-6-8-15(9-7-12)20-13(2)16(19)18-10-4-5-14(18)11-17-3;/h6-9,13-14,17H,4-5,10-11H2,1-3H3;1H. The Balaban J connectivity index is 0.00000220. The smallest absolute Gasteiger partial charge is 0.263 e. The van der Waals surface area contributed by atoms with E-state index in [9.17, 15) is 4.79 Å². The van der Waals surface area contributed by atoms with E-state index in [0.717, 1.165) is 31.7 Å². The van der Waals surface area contributed by atoms with E-state index in [1.807, 2.05) is 50.1 Å². The van der Waals surface area contributed by atoms with Gasteiger partial charge in [-0.25, -0.2) is 0 Å². The minimum absolute atomic E-state index is 0. The van der Waals surface area contributed by atoms with Gasteiger partial charge in [0.15, 0.2) is 6.10 Å². The zero-order chi connectivity index (χ0) is 14.5. The van der Waals surface area contributed by atoms with Gasteiger partial charge in [0, 0.05) is 19.1 Å². The maximum atomic E-state index is 12.5. The van der Waals surface area contributed by atoms with Crippen molar-refractivity contribution in [2.45, 2.75) is 38.8 Å². The summed E-state index contributed by atoms with van der Waals surface area (Å²) in [6, 6.07) is 8.11. The number of hydrogen-bond acceptors (Lipinski definition) is 3. The number of nitrogens with one attached hydrogen (secondary N) is 1. The first-order valence-electron chi connectivity index (χ1n) is 7.30. The Morgan fingerprint density at radius 3 is 2.71 bits per heavy atom. The lowest BCUT2D eigenvalue weighted by atomic mass is 10.2. The van der Waals surface area contributed by atoms with Crippen molar-refractivity contribution in [3.8, 4) is 5.75 Å². The van der Waals surface area contributed by atoms with E-state index >= 15 is 0 Å². The Labute approximate surface area is 133 Å². The van der Waals surface area contributed by atoms with E-state index < -0.39 is 6.10 Å². The number of likely N-dealkylation sites (tertiary alicyclic amines) is 1. The second-order valence-corrected chi connectivity index (χ2v) is 5.46. The maximum Gasteiger partial charge on any atom is 0.263 e. The summed E-state index contributed by atoms with van der Waals surface area (Å²) < 4.78 is 5.76. The second-order valence-electron chi connectivity index (χ2n) is 5.46. The second kappa shape index (κ2) is 8.25. The molecule has 1 aliphatic rings. The molecular formula is C16H25ClN2O2. The predicted octanol–water partition coefficient (Wildman–Crippen LogP) is 2.39. The summed E-state index contributed by atoms with van der Waals surface area (Å²) in [5, 5.41) is 3.15. The van der Waals surface area contributed by atoms with Crippen molar-refractivity contribution in [2.24, 2.45) is 0 Å². The third kappa shape index (κ3) is 4.61. The molecule has 1 fully saturated rings. The van der Waals surface area contributed by atoms with Gasteiger partial charge < -0.3 is 15.0 Å². The molecule has 0 radical (unpaired) electrons. The van der Waals surface area contributed by atoms with Gasteiger partial charge >= 0.3 is 0 Å². The first kappa shape index (κ1) is 17.8. The number of likely N-dealkylation sites (N-methyl/N-ethyl adjacent to an activating group) is 1. The predicted molar refractivity (Wildman–Crippen MR) is 87.2 cm³/mol. The fourth-order valence-corrected chi connectivity index (χ4v) is 2.68. The largest absolute Gasteiger partial charge is 0.481 e. The molecule has 1 aromatic rings. The van der Waals surface area contributed by atoms with Crippen molar-refractivity contribution in [1.82, 2.24) is 10.2 Å². The summed E-state index contributed by atoms with van der Waals surface area (Å²) in [5.41, 5.74) is 1.19. The van der Waals surface area contributed by atoms with E-state index in [4.69, 9.17) is 4.74 Å². The Hall–Kier alpha value is -1.26. The molecule has 0 aliphatic carbocycles. The van der Waals surface area contributed by atoms with Crippen LogP contribution in [0.25, 0.3) is 0 Å². The van der Waals surface area contributed by atoms with Gasteiger partial charge in [0.05, 0.1) is 0 Å². The van der Waals surface area contributed by atoms with E-state index in [0.29, 0.717) is 6.04 Å². The first-order chi connectivity index (χ1) is 9.61. The summed E-state index contributed by atoms with van der Waals surface area (Å²) in [7, 11) is 1.92. The van der Waals surface area contributed by atoms with Crippen LogP contribution in [0, 0.1) is 6.92 Å². The highest BCUT2D eigenvalue weighted by Gasteiger charge is 2.31. The monoisotopic (exact) mass is 312 g/mol. The highest BCUT2D eigenvalue weighted by atomic mass is 35.5. The third-order valence-corrected chi connectivity index (χ3v) is 3.78. The fraction of sp³-hybridized carbons (Fsp3) is 0.562. The number of rotatable bonds is 5. The molecule has 1 amide bonds. The lowest BCUT2D eigenvalue weighted by Gasteiger charge is -2.27. The van der Waals surface area contributed by atoms with E-state index in [1.54, 1.807) is 0 Å². The molecular weight excluding hydrogens is 288 g/mol. The molecule has 0 bridgehead atoms. The molecule has 0 saturated carbocycles. The lowest BCUT2D eigenvalue weighted by molar-refractivity contribution is -0.138. The van der Waals surface area contributed by atoms with E-state index in [1.165, 1.54) is 5.56 Å². The van der Waals surface area contributed by atoms with Crippen molar-refractivity contribution in [3.05, 3.63) is 29.8 Å². The minimum atomic E-state index is -0.435. The van der Waals surface area contributed by atoms with E-state index in [-0.39, 0.29) is 18.3 Å². The molecule has 1 heterocycles. The molecule has 2 atom stereocenters. The summed E-state index contributed by atoms with van der Waals surface area (Å²) in [6.07, 6.45) is 1.72. The Morgan fingerprint density at radius 1 is 1.43 bits per heavy atom. The Kier molecular flexibility index (Phi) is 6.99. The van der Waals surface area contributed by atoms with Crippen LogP contribution in [-0.2, 0) is 4.79 Å². The number of nitrogens with zero attached hydrogens (tertiary/aromatic N) is 1. The number of carbonyl (C=O) groups excluding carboxylic acids is 1. The number of aryl methyl sites for hydroxylation is 1. The summed E-state index contributed by atoms with van der Waals surface area (Å²) in [6.45, 7) is 5.55. The SMILES string of the molecule is CNCC1CCCN1C(=O)C(C)Oc1ccc(C)cc1.Cl.